The van der Waals surface area contributed by atoms with Crippen molar-refractivity contribution < 1.29 is 8.42 Å². The van der Waals surface area contributed by atoms with Crippen LogP contribution in [-0.2, 0) is 10.0 Å². The first-order valence-electron chi connectivity index (χ1n) is 9.34. The molecule has 24 heavy (non-hydrogen) atoms. The first kappa shape index (κ1) is 21.2. The zero-order chi connectivity index (χ0) is 18.3. The molecule has 0 radical (unpaired) electrons. The van der Waals surface area contributed by atoms with Gasteiger partial charge in [-0.25, -0.2) is 8.42 Å². The highest BCUT2D eigenvalue weighted by atomic mass is 32.2. The third-order valence-corrected chi connectivity index (χ3v) is 7.09. The van der Waals surface area contributed by atoms with Gasteiger partial charge in [-0.05, 0) is 62.8 Å². The molecule has 0 aromatic heterocycles. The molecule has 0 aliphatic heterocycles. The Kier molecular flexibility index (Phi) is 8.44. The zero-order valence-corrected chi connectivity index (χ0v) is 17.2. The number of aryl methyl sites for hydroxylation is 2. The van der Waals surface area contributed by atoms with Gasteiger partial charge in [0.15, 0.2) is 0 Å². The fourth-order valence-corrected chi connectivity index (χ4v) is 5.22. The van der Waals surface area contributed by atoms with Crippen LogP contribution in [0.25, 0.3) is 0 Å². The number of hydrogen-bond donors (Lipinski definition) is 0. The van der Waals surface area contributed by atoms with E-state index in [1.807, 2.05) is 27.7 Å². The first-order valence-corrected chi connectivity index (χ1v) is 10.8. The zero-order valence-electron chi connectivity index (χ0n) is 16.4. The van der Waals surface area contributed by atoms with Crippen LogP contribution in [0.15, 0.2) is 11.0 Å². The molecule has 1 rings (SSSR count). The molecule has 1 aromatic carbocycles. The summed E-state index contributed by atoms with van der Waals surface area (Å²) in [6.45, 7) is 13.4. The Bertz CT molecular complexity index is 599. The fourth-order valence-electron chi connectivity index (χ4n) is 3.13. The van der Waals surface area contributed by atoms with Gasteiger partial charge in [0.05, 0.1) is 4.90 Å². The largest absolute Gasteiger partial charge is 0.243 e. The van der Waals surface area contributed by atoms with Crippen LogP contribution in [-0.4, -0.2) is 25.8 Å². The van der Waals surface area contributed by atoms with E-state index in [0.29, 0.717) is 18.0 Å². The molecule has 0 saturated heterocycles. The predicted molar refractivity (Wildman–Crippen MR) is 103 cm³/mol. The topological polar surface area (TPSA) is 37.4 Å². The Labute approximate surface area is 149 Å². The molecule has 138 valence electrons. The van der Waals surface area contributed by atoms with Gasteiger partial charge >= 0.3 is 0 Å². The molecule has 0 aliphatic rings. The maximum Gasteiger partial charge on any atom is 0.243 e. The van der Waals surface area contributed by atoms with E-state index in [1.165, 1.54) is 0 Å². The number of sulfonamides is 1. The second kappa shape index (κ2) is 9.57. The van der Waals surface area contributed by atoms with Crippen LogP contribution in [0.1, 0.15) is 74.6 Å². The summed E-state index contributed by atoms with van der Waals surface area (Å²) in [6, 6.07) is 2.09. The van der Waals surface area contributed by atoms with Crippen LogP contribution in [0.2, 0.25) is 0 Å². The maximum atomic E-state index is 13.4. The molecule has 0 fully saturated rings. The summed E-state index contributed by atoms with van der Waals surface area (Å²) in [7, 11) is -3.44. The Morgan fingerprint density at radius 1 is 0.792 bits per heavy atom. The van der Waals surface area contributed by atoms with Gasteiger partial charge in [-0.1, -0.05) is 45.6 Å². The minimum atomic E-state index is -3.44. The average molecular weight is 354 g/mol. The monoisotopic (exact) mass is 353 g/mol. The standard InChI is InChI=1S/C20H35NO2S/c1-7-9-11-13-21(14-12-10-8-2)24(22,23)20-18(5)16(3)15-17(4)19(20)6/h15H,7-14H2,1-6H3. The lowest BCUT2D eigenvalue weighted by Gasteiger charge is -2.25. The van der Waals surface area contributed by atoms with Crippen LogP contribution in [0, 0.1) is 27.7 Å². The highest BCUT2D eigenvalue weighted by Gasteiger charge is 2.28. The summed E-state index contributed by atoms with van der Waals surface area (Å²) in [5.41, 5.74) is 3.90. The first-order chi connectivity index (χ1) is 11.3. The highest BCUT2D eigenvalue weighted by molar-refractivity contribution is 7.89. The number of unbranched alkanes of at least 4 members (excludes halogenated alkanes) is 4. The van der Waals surface area contributed by atoms with E-state index in [9.17, 15) is 8.42 Å². The molecular weight excluding hydrogens is 318 g/mol. The summed E-state index contributed by atoms with van der Waals surface area (Å²) in [5, 5.41) is 0. The average Bonchev–Trinajstić information content (AvgIpc) is 2.51. The van der Waals surface area contributed by atoms with Crippen LogP contribution in [0.4, 0.5) is 0 Å². The van der Waals surface area contributed by atoms with Gasteiger partial charge in [0, 0.05) is 13.1 Å². The molecule has 0 amide bonds. The molecule has 0 spiro atoms. The van der Waals surface area contributed by atoms with E-state index in [1.54, 1.807) is 4.31 Å². The van der Waals surface area contributed by atoms with Crippen LogP contribution >= 0.6 is 0 Å². The molecule has 4 heteroatoms. The molecule has 3 nitrogen and oxygen atoms in total. The third-order valence-electron chi connectivity index (χ3n) is 4.92. The molecule has 0 atom stereocenters. The third kappa shape index (κ3) is 5.06. The van der Waals surface area contributed by atoms with Crippen molar-refractivity contribution in [1.29, 1.82) is 0 Å². The lowest BCUT2D eigenvalue weighted by atomic mass is 10.0. The summed E-state index contributed by atoms with van der Waals surface area (Å²) in [4.78, 5) is 0.535. The quantitative estimate of drug-likeness (QED) is 0.536. The lowest BCUT2D eigenvalue weighted by Crippen LogP contribution is -2.34. The number of nitrogens with zero attached hydrogens (tertiary/aromatic N) is 1. The van der Waals surface area contributed by atoms with Crippen LogP contribution in [0.5, 0.6) is 0 Å². The Balaban J connectivity index is 3.24. The van der Waals surface area contributed by atoms with E-state index in [2.05, 4.69) is 19.9 Å². The maximum absolute atomic E-state index is 13.4. The molecule has 0 N–H and O–H groups in total. The van der Waals surface area contributed by atoms with Gasteiger partial charge in [-0.3, -0.25) is 0 Å². The molecule has 0 aliphatic carbocycles. The van der Waals surface area contributed by atoms with Crippen LogP contribution in [0.3, 0.4) is 0 Å². The molecule has 0 bridgehead atoms. The van der Waals surface area contributed by atoms with Crippen molar-refractivity contribution in [1.82, 2.24) is 4.31 Å². The second-order valence-corrected chi connectivity index (χ2v) is 8.78. The molecule has 0 unspecified atom stereocenters. The van der Waals surface area contributed by atoms with E-state index < -0.39 is 10.0 Å². The lowest BCUT2D eigenvalue weighted by molar-refractivity contribution is 0.388. The van der Waals surface area contributed by atoms with E-state index >= 15 is 0 Å². The van der Waals surface area contributed by atoms with E-state index in [-0.39, 0.29) is 0 Å². The number of rotatable bonds is 10. The van der Waals surface area contributed by atoms with Crippen molar-refractivity contribution in [3.05, 3.63) is 28.3 Å². The minimum Gasteiger partial charge on any atom is -0.207 e. The van der Waals surface area contributed by atoms with Gasteiger partial charge in [-0.2, -0.15) is 4.31 Å². The second-order valence-electron chi connectivity index (χ2n) is 6.91. The Hall–Kier alpha value is -0.870. The van der Waals surface area contributed by atoms with Gasteiger partial charge < -0.3 is 0 Å². The van der Waals surface area contributed by atoms with Gasteiger partial charge in [0.25, 0.3) is 0 Å². The van der Waals surface area contributed by atoms with Crippen molar-refractivity contribution >= 4 is 10.0 Å². The molecule has 0 saturated carbocycles. The van der Waals surface area contributed by atoms with Crippen molar-refractivity contribution in [3.63, 3.8) is 0 Å². The summed E-state index contributed by atoms with van der Waals surface area (Å²) < 4.78 is 28.5. The van der Waals surface area contributed by atoms with Crippen molar-refractivity contribution in [2.45, 2.75) is 85.0 Å². The van der Waals surface area contributed by atoms with Gasteiger partial charge in [0.2, 0.25) is 10.0 Å². The summed E-state index contributed by atoms with van der Waals surface area (Å²) in [5.74, 6) is 0. The van der Waals surface area contributed by atoms with E-state index in [4.69, 9.17) is 0 Å². The van der Waals surface area contributed by atoms with E-state index in [0.717, 1.165) is 60.8 Å². The van der Waals surface area contributed by atoms with Crippen molar-refractivity contribution in [3.8, 4) is 0 Å². The van der Waals surface area contributed by atoms with Gasteiger partial charge in [-0.15, -0.1) is 0 Å². The van der Waals surface area contributed by atoms with Crippen LogP contribution < -0.4 is 0 Å². The SMILES string of the molecule is CCCCCN(CCCCC)S(=O)(=O)c1c(C)c(C)cc(C)c1C. The molecule has 0 heterocycles. The predicted octanol–water partition coefficient (Wildman–Crippen LogP) is 5.29. The molecular formula is C20H35NO2S. The normalized spacial score (nSPS) is 12.1. The molecule has 1 aromatic rings. The van der Waals surface area contributed by atoms with Crippen molar-refractivity contribution in [2.75, 3.05) is 13.1 Å². The van der Waals surface area contributed by atoms with Crippen molar-refractivity contribution in [2.24, 2.45) is 0 Å². The minimum absolute atomic E-state index is 0.535. The smallest absolute Gasteiger partial charge is 0.207 e. The summed E-state index contributed by atoms with van der Waals surface area (Å²) >= 11 is 0. The number of hydrogen-bond acceptors (Lipinski definition) is 2. The van der Waals surface area contributed by atoms with Gasteiger partial charge in [0.1, 0.15) is 0 Å². The Morgan fingerprint density at radius 3 is 1.58 bits per heavy atom. The summed E-state index contributed by atoms with van der Waals surface area (Å²) in [6.07, 6.45) is 6.22. The Morgan fingerprint density at radius 2 is 1.21 bits per heavy atom. The fraction of sp³-hybridized carbons (Fsp3) is 0.700. The highest BCUT2D eigenvalue weighted by Crippen LogP contribution is 2.29. The number of benzene rings is 1.